The molecule has 1 aliphatic heterocycles. The minimum Gasteiger partial charge on any atom is -0.286 e. The fraction of sp³-hybridized carbons (Fsp3) is 0.263. The van der Waals surface area contributed by atoms with E-state index in [9.17, 15) is 18.0 Å². The van der Waals surface area contributed by atoms with Gasteiger partial charge in [0.2, 0.25) is 0 Å². The predicted octanol–water partition coefficient (Wildman–Crippen LogP) is 4.76. The number of carbonyl (C=O) groups excluding carboxylic acids is 1. The standard InChI is InChI=1S/C19H17F3N2OS/c1-13-5-7-15(8-6-13)17(25)24-10-9-23-18(24)26-12-14-3-2-4-16(11-14)19(20,21)22/h2-8,11H,9-10,12H2,1H3. The Kier molecular flexibility index (Phi) is 5.36. The van der Waals surface area contributed by atoms with Crippen LogP contribution in [0.2, 0.25) is 0 Å². The molecule has 26 heavy (non-hydrogen) atoms. The highest BCUT2D eigenvalue weighted by Crippen LogP contribution is 2.30. The first kappa shape index (κ1) is 18.5. The average Bonchev–Trinajstić information content (AvgIpc) is 3.08. The lowest BCUT2D eigenvalue weighted by Crippen LogP contribution is -2.32. The van der Waals surface area contributed by atoms with Crippen molar-refractivity contribution in [1.82, 2.24) is 4.90 Å². The average molecular weight is 378 g/mol. The van der Waals surface area contributed by atoms with Gasteiger partial charge in [-0.1, -0.05) is 47.7 Å². The second-order valence-corrected chi connectivity index (χ2v) is 6.92. The first-order valence-electron chi connectivity index (χ1n) is 8.06. The fourth-order valence-electron chi connectivity index (χ4n) is 2.58. The van der Waals surface area contributed by atoms with Gasteiger partial charge in [0.25, 0.3) is 5.91 Å². The third-order valence-electron chi connectivity index (χ3n) is 3.97. The largest absolute Gasteiger partial charge is 0.416 e. The lowest BCUT2D eigenvalue weighted by atomic mass is 10.1. The molecule has 0 aromatic heterocycles. The summed E-state index contributed by atoms with van der Waals surface area (Å²) in [4.78, 5) is 18.6. The minimum absolute atomic E-state index is 0.141. The number of benzene rings is 2. The van der Waals surface area contributed by atoms with Crippen molar-refractivity contribution in [2.24, 2.45) is 4.99 Å². The van der Waals surface area contributed by atoms with Gasteiger partial charge < -0.3 is 0 Å². The van der Waals surface area contributed by atoms with E-state index in [1.54, 1.807) is 23.1 Å². The number of hydrogen-bond donors (Lipinski definition) is 0. The molecule has 1 amide bonds. The van der Waals surface area contributed by atoms with E-state index in [4.69, 9.17) is 0 Å². The quantitative estimate of drug-likeness (QED) is 0.772. The number of aryl methyl sites for hydroxylation is 1. The molecular weight excluding hydrogens is 361 g/mol. The third kappa shape index (κ3) is 4.27. The summed E-state index contributed by atoms with van der Waals surface area (Å²) < 4.78 is 38.4. The molecule has 0 bridgehead atoms. The summed E-state index contributed by atoms with van der Waals surface area (Å²) in [6.45, 7) is 2.93. The van der Waals surface area contributed by atoms with Crippen molar-refractivity contribution < 1.29 is 18.0 Å². The maximum absolute atomic E-state index is 12.8. The van der Waals surface area contributed by atoms with Crippen LogP contribution < -0.4 is 0 Å². The number of halogens is 3. The molecular formula is C19H17F3N2OS. The number of nitrogens with zero attached hydrogens (tertiary/aromatic N) is 2. The molecule has 0 saturated carbocycles. The molecule has 3 rings (SSSR count). The zero-order valence-electron chi connectivity index (χ0n) is 14.1. The molecule has 3 nitrogen and oxygen atoms in total. The van der Waals surface area contributed by atoms with E-state index in [1.807, 2.05) is 19.1 Å². The van der Waals surface area contributed by atoms with Crippen molar-refractivity contribution in [3.63, 3.8) is 0 Å². The number of rotatable bonds is 3. The van der Waals surface area contributed by atoms with Crippen molar-refractivity contribution in [3.05, 3.63) is 70.8 Å². The van der Waals surface area contributed by atoms with E-state index in [0.717, 1.165) is 17.7 Å². The van der Waals surface area contributed by atoms with Crippen LogP contribution in [0.3, 0.4) is 0 Å². The van der Waals surface area contributed by atoms with Crippen molar-refractivity contribution in [3.8, 4) is 0 Å². The van der Waals surface area contributed by atoms with Crippen LogP contribution in [-0.4, -0.2) is 29.1 Å². The van der Waals surface area contributed by atoms with E-state index >= 15 is 0 Å². The SMILES string of the molecule is Cc1ccc(C(=O)N2CCN=C2SCc2cccc(C(F)(F)F)c2)cc1. The van der Waals surface area contributed by atoms with Gasteiger partial charge in [-0.3, -0.25) is 14.7 Å². The molecule has 0 atom stereocenters. The van der Waals surface area contributed by atoms with E-state index in [2.05, 4.69) is 4.99 Å². The van der Waals surface area contributed by atoms with Crippen molar-refractivity contribution in [1.29, 1.82) is 0 Å². The second-order valence-electron chi connectivity index (χ2n) is 5.97. The summed E-state index contributed by atoms with van der Waals surface area (Å²) in [5, 5.41) is 0.549. The van der Waals surface area contributed by atoms with Crippen molar-refractivity contribution >= 4 is 22.8 Å². The lowest BCUT2D eigenvalue weighted by molar-refractivity contribution is -0.137. The monoisotopic (exact) mass is 378 g/mol. The molecule has 7 heteroatoms. The lowest BCUT2D eigenvalue weighted by Gasteiger charge is -2.18. The van der Waals surface area contributed by atoms with Gasteiger partial charge in [0, 0.05) is 17.9 Å². The first-order chi connectivity index (χ1) is 12.3. The van der Waals surface area contributed by atoms with E-state index in [0.29, 0.717) is 35.1 Å². The molecule has 0 radical (unpaired) electrons. The maximum Gasteiger partial charge on any atom is 0.416 e. The van der Waals surface area contributed by atoms with Gasteiger partial charge in [0.05, 0.1) is 12.1 Å². The molecule has 1 aliphatic rings. The number of amides is 1. The number of amidine groups is 1. The van der Waals surface area contributed by atoms with Gasteiger partial charge in [0.1, 0.15) is 0 Å². The smallest absolute Gasteiger partial charge is 0.286 e. The Morgan fingerprint density at radius 3 is 2.62 bits per heavy atom. The third-order valence-corrected chi connectivity index (χ3v) is 5.05. The summed E-state index contributed by atoms with van der Waals surface area (Å²) in [5.41, 5.74) is 1.51. The Hall–Kier alpha value is -2.28. The Labute approximate surface area is 153 Å². The summed E-state index contributed by atoms with van der Waals surface area (Å²) >= 11 is 1.28. The molecule has 0 fully saturated rings. The summed E-state index contributed by atoms with van der Waals surface area (Å²) in [5.74, 6) is 0.179. The van der Waals surface area contributed by atoms with E-state index in [-0.39, 0.29) is 5.91 Å². The number of hydrogen-bond acceptors (Lipinski definition) is 3. The number of thioether (sulfide) groups is 1. The van der Waals surface area contributed by atoms with Crippen LogP contribution >= 0.6 is 11.8 Å². The summed E-state index contributed by atoms with van der Waals surface area (Å²) in [7, 11) is 0. The highest BCUT2D eigenvalue weighted by atomic mass is 32.2. The second kappa shape index (κ2) is 7.53. The number of alkyl halides is 3. The first-order valence-corrected chi connectivity index (χ1v) is 9.05. The normalized spacial score (nSPS) is 14.5. The van der Waals surface area contributed by atoms with Crippen LogP contribution in [0.1, 0.15) is 27.0 Å². The van der Waals surface area contributed by atoms with Crippen molar-refractivity contribution in [2.75, 3.05) is 13.1 Å². The molecule has 2 aromatic rings. The molecule has 0 saturated heterocycles. The maximum atomic E-state index is 12.8. The zero-order valence-corrected chi connectivity index (χ0v) is 14.9. The Morgan fingerprint density at radius 2 is 1.92 bits per heavy atom. The highest BCUT2D eigenvalue weighted by Gasteiger charge is 2.30. The number of carbonyl (C=O) groups is 1. The van der Waals surface area contributed by atoms with Crippen LogP contribution in [0.15, 0.2) is 53.5 Å². The van der Waals surface area contributed by atoms with Gasteiger partial charge in [-0.15, -0.1) is 0 Å². The Bertz CT molecular complexity index is 831. The summed E-state index contributed by atoms with van der Waals surface area (Å²) in [6, 6.07) is 12.5. The Balaban J connectivity index is 1.68. The summed E-state index contributed by atoms with van der Waals surface area (Å²) in [6.07, 6.45) is -4.36. The van der Waals surface area contributed by atoms with Crippen LogP contribution in [0.25, 0.3) is 0 Å². The molecule has 0 spiro atoms. The van der Waals surface area contributed by atoms with E-state index in [1.165, 1.54) is 17.8 Å². The highest BCUT2D eigenvalue weighted by molar-refractivity contribution is 8.13. The van der Waals surface area contributed by atoms with Gasteiger partial charge in [-0.25, -0.2) is 0 Å². The molecule has 1 heterocycles. The fourth-order valence-corrected chi connectivity index (χ4v) is 3.56. The van der Waals surface area contributed by atoms with Crippen molar-refractivity contribution in [2.45, 2.75) is 18.9 Å². The Morgan fingerprint density at radius 1 is 1.19 bits per heavy atom. The van der Waals surface area contributed by atoms with Gasteiger partial charge in [-0.05, 0) is 30.7 Å². The van der Waals surface area contributed by atoms with Gasteiger partial charge in [-0.2, -0.15) is 13.2 Å². The van der Waals surface area contributed by atoms with Crippen LogP contribution in [0.5, 0.6) is 0 Å². The minimum atomic E-state index is -4.36. The van der Waals surface area contributed by atoms with E-state index < -0.39 is 11.7 Å². The topological polar surface area (TPSA) is 32.7 Å². The molecule has 0 unspecified atom stereocenters. The molecule has 2 aromatic carbocycles. The van der Waals surface area contributed by atoms with Crippen LogP contribution in [-0.2, 0) is 11.9 Å². The zero-order chi connectivity index (χ0) is 18.7. The van der Waals surface area contributed by atoms with Gasteiger partial charge in [0.15, 0.2) is 5.17 Å². The molecule has 0 N–H and O–H groups in total. The molecule has 136 valence electrons. The van der Waals surface area contributed by atoms with Crippen LogP contribution in [0.4, 0.5) is 13.2 Å². The van der Waals surface area contributed by atoms with Gasteiger partial charge >= 0.3 is 6.18 Å². The molecule has 0 aliphatic carbocycles. The predicted molar refractivity (Wildman–Crippen MR) is 97.3 cm³/mol. The number of aliphatic imine (C=N–C) groups is 1. The van der Waals surface area contributed by atoms with Crippen LogP contribution in [0, 0.1) is 6.92 Å².